The number of amides is 1. The fourth-order valence-electron chi connectivity index (χ4n) is 6.12. The Kier molecular flexibility index (Phi) is 5.48. The van der Waals surface area contributed by atoms with Crippen LogP contribution in [0.15, 0.2) is 16.9 Å². The summed E-state index contributed by atoms with van der Waals surface area (Å²) in [4.78, 5) is 43.8. The molecule has 4 heterocycles. The Balaban J connectivity index is 1.63. The monoisotopic (exact) mass is 520 g/mol. The Morgan fingerprint density at radius 2 is 2.11 bits per heavy atom. The van der Waals surface area contributed by atoms with Gasteiger partial charge in [-0.05, 0) is 48.9 Å². The van der Waals surface area contributed by atoms with Crippen molar-refractivity contribution >= 4 is 22.8 Å². The lowest BCUT2D eigenvalue weighted by atomic mass is 9.81. The fourth-order valence-corrected chi connectivity index (χ4v) is 6.12. The minimum atomic E-state index is -1.94. The molecule has 10 heteroatoms. The second-order valence-corrected chi connectivity index (χ2v) is 10.5. The van der Waals surface area contributed by atoms with Gasteiger partial charge in [0.1, 0.15) is 12.4 Å². The van der Waals surface area contributed by atoms with Crippen LogP contribution < -0.4 is 16.6 Å². The SMILES string of the molecule is CCC1(O)C(=O)OCc2c1cc1n(c2=O)Cc2c-1nc1cc(F)c(C)c3c1c2C(NC(=O)C(C)CN)CC3. The van der Waals surface area contributed by atoms with Crippen LogP contribution in [0.3, 0.4) is 0 Å². The first kappa shape index (κ1) is 24.7. The maximum Gasteiger partial charge on any atom is 0.343 e. The summed E-state index contributed by atoms with van der Waals surface area (Å²) < 4.78 is 21.7. The van der Waals surface area contributed by atoms with E-state index < -0.39 is 11.6 Å². The molecule has 0 fully saturated rings. The van der Waals surface area contributed by atoms with Crippen molar-refractivity contribution in [3.63, 3.8) is 0 Å². The highest BCUT2D eigenvalue weighted by molar-refractivity contribution is 5.94. The number of nitrogens with two attached hydrogens (primary N) is 1. The number of hydrogen-bond donors (Lipinski definition) is 3. The second-order valence-electron chi connectivity index (χ2n) is 10.5. The van der Waals surface area contributed by atoms with Crippen LogP contribution in [0.5, 0.6) is 0 Å². The van der Waals surface area contributed by atoms with E-state index in [2.05, 4.69) is 5.32 Å². The lowest BCUT2D eigenvalue weighted by Gasteiger charge is -2.31. The summed E-state index contributed by atoms with van der Waals surface area (Å²) in [5.74, 6) is -1.72. The normalized spacial score (nSPS) is 21.9. The molecular formula is C28H29FN4O5. The van der Waals surface area contributed by atoms with Gasteiger partial charge in [-0.25, -0.2) is 14.2 Å². The topological polar surface area (TPSA) is 137 Å². The minimum Gasteiger partial charge on any atom is -0.458 e. The number of aryl methyl sites for hydroxylation is 1. The first-order valence-electron chi connectivity index (χ1n) is 12.9. The lowest BCUT2D eigenvalue weighted by molar-refractivity contribution is -0.172. The number of carbonyl (C=O) groups excluding carboxylic acids is 2. The maximum atomic E-state index is 15.0. The van der Waals surface area contributed by atoms with Crippen LogP contribution in [0.1, 0.15) is 66.1 Å². The molecule has 0 bridgehead atoms. The zero-order chi connectivity index (χ0) is 27.1. The molecule has 9 nitrogen and oxygen atoms in total. The molecule has 4 N–H and O–H groups in total. The molecule has 198 valence electrons. The third-order valence-electron chi connectivity index (χ3n) is 8.50. The van der Waals surface area contributed by atoms with E-state index in [-0.39, 0.29) is 66.5 Å². The Morgan fingerprint density at radius 3 is 2.82 bits per heavy atom. The van der Waals surface area contributed by atoms with E-state index in [1.165, 1.54) is 6.07 Å². The standard InChI is InChI=1S/C28H29FN4O5/c1-4-28(37)17-7-21-24-15(10-33(21)26(35)16(17)11-38-27(28)36)23-19(32-25(34)12(2)9-30)6-5-14-13(3)18(29)8-20(31-24)22(14)23/h7-8,12,19,37H,4-6,9-11,30H2,1-3H3,(H,32,34). The molecule has 0 saturated heterocycles. The number of hydrogen-bond acceptors (Lipinski definition) is 7. The summed E-state index contributed by atoms with van der Waals surface area (Å²) in [6, 6.07) is 2.66. The number of ether oxygens (including phenoxy) is 1. The molecule has 2 aliphatic heterocycles. The molecule has 0 saturated carbocycles. The maximum absolute atomic E-state index is 15.0. The van der Waals surface area contributed by atoms with Crippen LogP contribution >= 0.6 is 0 Å². The van der Waals surface area contributed by atoms with Crippen LogP contribution in [0.4, 0.5) is 4.39 Å². The van der Waals surface area contributed by atoms with Gasteiger partial charge in [0.15, 0.2) is 5.60 Å². The number of cyclic esters (lactones) is 1. The van der Waals surface area contributed by atoms with Gasteiger partial charge in [-0.2, -0.15) is 0 Å². The average molecular weight is 521 g/mol. The number of benzene rings is 1. The summed E-state index contributed by atoms with van der Waals surface area (Å²) in [6.07, 6.45) is 1.16. The minimum absolute atomic E-state index is 0.0340. The number of aromatic nitrogens is 2. The van der Waals surface area contributed by atoms with Gasteiger partial charge in [0.2, 0.25) is 5.91 Å². The quantitative estimate of drug-likeness (QED) is 0.351. The number of fused-ring (bicyclic) bond motifs is 5. The van der Waals surface area contributed by atoms with E-state index in [1.807, 2.05) is 0 Å². The predicted molar refractivity (Wildman–Crippen MR) is 137 cm³/mol. The highest BCUT2D eigenvalue weighted by atomic mass is 19.1. The molecule has 1 aliphatic carbocycles. The van der Waals surface area contributed by atoms with Crippen molar-refractivity contribution in [2.75, 3.05) is 6.54 Å². The van der Waals surface area contributed by atoms with Crippen molar-refractivity contribution in [2.24, 2.45) is 11.7 Å². The number of nitrogens with zero attached hydrogens (tertiary/aromatic N) is 2. The Labute approximate surface area is 217 Å². The summed E-state index contributed by atoms with van der Waals surface area (Å²) in [6.45, 7) is 5.33. The second kappa shape index (κ2) is 8.44. The van der Waals surface area contributed by atoms with Crippen molar-refractivity contribution in [1.29, 1.82) is 0 Å². The van der Waals surface area contributed by atoms with Crippen molar-refractivity contribution in [1.82, 2.24) is 14.9 Å². The van der Waals surface area contributed by atoms with Crippen LogP contribution in [0, 0.1) is 18.7 Å². The van der Waals surface area contributed by atoms with Gasteiger partial charge >= 0.3 is 5.97 Å². The molecule has 0 spiro atoms. The third kappa shape index (κ3) is 3.23. The van der Waals surface area contributed by atoms with Gasteiger partial charge in [-0.15, -0.1) is 0 Å². The highest BCUT2D eigenvalue weighted by Gasteiger charge is 2.46. The number of halogens is 1. The van der Waals surface area contributed by atoms with E-state index in [4.69, 9.17) is 15.5 Å². The van der Waals surface area contributed by atoms with E-state index >= 15 is 0 Å². The largest absolute Gasteiger partial charge is 0.458 e. The third-order valence-corrected chi connectivity index (χ3v) is 8.50. The van der Waals surface area contributed by atoms with Crippen LogP contribution in [0.25, 0.3) is 22.3 Å². The molecule has 2 aromatic heterocycles. The van der Waals surface area contributed by atoms with Crippen LogP contribution in [-0.2, 0) is 39.5 Å². The Hall–Kier alpha value is -3.63. The van der Waals surface area contributed by atoms with E-state index in [0.29, 0.717) is 35.3 Å². The molecule has 3 aliphatic rings. The van der Waals surface area contributed by atoms with E-state index in [1.54, 1.807) is 31.4 Å². The molecule has 1 aromatic carbocycles. The molecule has 0 radical (unpaired) electrons. The van der Waals surface area contributed by atoms with Gasteiger partial charge in [-0.1, -0.05) is 13.8 Å². The van der Waals surface area contributed by atoms with Gasteiger partial charge < -0.3 is 25.5 Å². The molecule has 1 amide bonds. The number of carbonyl (C=O) groups is 2. The van der Waals surface area contributed by atoms with Crippen LogP contribution in [0.2, 0.25) is 0 Å². The molecular weight excluding hydrogens is 491 g/mol. The summed E-state index contributed by atoms with van der Waals surface area (Å²) in [5, 5.41) is 15.1. The Morgan fingerprint density at radius 1 is 1.34 bits per heavy atom. The first-order valence-corrected chi connectivity index (χ1v) is 12.9. The number of rotatable bonds is 4. The molecule has 6 rings (SSSR count). The average Bonchev–Trinajstić information content (AvgIpc) is 3.28. The molecule has 38 heavy (non-hydrogen) atoms. The number of aliphatic hydroxyl groups is 1. The summed E-state index contributed by atoms with van der Waals surface area (Å²) in [7, 11) is 0. The Bertz CT molecular complexity index is 1630. The van der Waals surface area contributed by atoms with Gasteiger partial charge in [-0.3, -0.25) is 9.59 Å². The predicted octanol–water partition coefficient (Wildman–Crippen LogP) is 2.23. The summed E-state index contributed by atoms with van der Waals surface area (Å²) in [5.41, 5.74) is 8.21. The van der Waals surface area contributed by atoms with Crippen LogP contribution in [-0.4, -0.2) is 33.1 Å². The van der Waals surface area contributed by atoms with Crippen molar-refractivity contribution in [3.8, 4) is 11.4 Å². The molecule has 3 unspecified atom stereocenters. The zero-order valence-corrected chi connectivity index (χ0v) is 21.5. The number of esters is 1. The van der Waals surface area contributed by atoms with E-state index in [9.17, 15) is 23.9 Å². The van der Waals surface area contributed by atoms with Crippen molar-refractivity contribution < 1.29 is 23.8 Å². The first-order chi connectivity index (χ1) is 18.1. The fraction of sp³-hybridized carbons (Fsp3) is 0.429. The zero-order valence-electron chi connectivity index (χ0n) is 21.5. The smallest absolute Gasteiger partial charge is 0.343 e. The lowest BCUT2D eigenvalue weighted by Crippen LogP contribution is -2.44. The van der Waals surface area contributed by atoms with Crippen molar-refractivity contribution in [2.45, 2.75) is 64.8 Å². The van der Waals surface area contributed by atoms with Gasteiger partial charge in [0, 0.05) is 35.0 Å². The number of pyridine rings is 2. The van der Waals surface area contributed by atoms with Crippen molar-refractivity contribution in [3.05, 3.63) is 61.7 Å². The highest BCUT2D eigenvalue weighted by Crippen LogP contribution is 2.46. The van der Waals surface area contributed by atoms with Gasteiger partial charge in [0.25, 0.3) is 5.56 Å². The summed E-state index contributed by atoms with van der Waals surface area (Å²) >= 11 is 0. The van der Waals surface area contributed by atoms with Gasteiger partial charge in [0.05, 0.1) is 35.1 Å². The molecule has 3 aromatic rings. The number of nitrogens with one attached hydrogen (secondary N) is 1. The van der Waals surface area contributed by atoms with E-state index in [0.717, 1.165) is 22.1 Å². The molecule has 3 atom stereocenters.